The number of carbonyl (C=O) groups excluding carboxylic acids is 1. The number of nitrogens with zero attached hydrogens (tertiary/aromatic N) is 1. The highest BCUT2D eigenvalue weighted by Gasteiger charge is 2.42. The van der Waals surface area contributed by atoms with Crippen LogP contribution in [0.4, 0.5) is 0 Å². The summed E-state index contributed by atoms with van der Waals surface area (Å²) >= 11 is 0. The number of esters is 1. The second-order valence-electron chi connectivity index (χ2n) is 10.8. The first kappa shape index (κ1) is 30.8. The molecule has 3 atom stereocenters. The summed E-state index contributed by atoms with van der Waals surface area (Å²) in [5.41, 5.74) is 1.44. The van der Waals surface area contributed by atoms with Crippen LogP contribution >= 0.6 is 0 Å². The van der Waals surface area contributed by atoms with Crippen molar-refractivity contribution in [2.24, 2.45) is 5.92 Å². The van der Waals surface area contributed by atoms with Crippen LogP contribution in [0, 0.1) is 12.8 Å². The van der Waals surface area contributed by atoms with Gasteiger partial charge in [0, 0.05) is 24.2 Å². The number of methoxy groups -OCH3 is 3. The van der Waals surface area contributed by atoms with Gasteiger partial charge in [-0.05, 0) is 54.3 Å². The van der Waals surface area contributed by atoms with Gasteiger partial charge in [-0.15, -0.1) is 0 Å². The first-order valence-corrected chi connectivity index (χ1v) is 14.4. The van der Waals surface area contributed by atoms with Gasteiger partial charge in [-0.2, -0.15) is 0 Å². The van der Waals surface area contributed by atoms with Crippen LogP contribution in [0.5, 0.6) is 11.5 Å². The molecule has 0 spiro atoms. The summed E-state index contributed by atoms with van der Waals surface area (Å²) in [6, 6.07) is 25.9. The number of benzene rings is 3. The average Bonchev–Trinajstić information content (AvgIpc) is 3.45. The Kier molecular flexibility index (Phi) is 9.32. The molecule has 10 heteroatoms. The zero-order chi connectivity index (χ0) is 31.3. The molecule has 1 saturated heterocycles. The zero-order valence-corrected chi connectivity index (χ0v) is 25.2. The summed E-state index contributed by atoms with van der Waals surface area (Å²) in [6.45, 7) is 1.95. The Hall–Kier alpha value is -4.67. The predicted octanol–water partition coefficient (Wildman–Crippen LogP) is 3.91. The van der Waals surface area contributed by atoms with E-state index in [2.05, 4.69) is 22.4 Å². The van der Waals surface area contributed by atoms with Gasteiger partial charge in [0.05, 0.1) is 39.4 Å². The number of nitrogens with one attached hydrogen (secondary N) is 2. The van der Waals surface area contributed by atoms with E-state index in [0.29, 0.717) is 18.5 Å². The van der Waals surface area contributed by atoms with Gasteiger partial charge in [0.25, 0.3) is 5.56 Å². The zero-order valence-electron chi connectivity index (χ0n) is 25.2. The van der Waals surface area contributed by atoms with E-state index in [9.17, 15) is 14.4 Å². The van der Waals surface area contributed by atoms with Gasteiger partial charge in [0.15, 0.2) is 0 Å². The number of carbonyl (C=O) groups is 1. The number of ether oxygens (including phenoxy) is 4. The summed E-state index contributed by atoms with van der Waals surface area (Å²) in [5.74, 6) is 0.826. The maximum Gasteiger partial charge on any atom is 0.330 e. The first-order chi connectivity index (χ1) is 21.3. The van der Waals surface area contributed by atoms with Gasteiger partial charge in [-0.3, -0.25) is 24.5 Å². The molecule has 4 aromatic rings. The van der Waals surface area contributed by atoms with Gasteiger partial charge in [-0.1, -0.05) is 54.6 Å². The van der Waals surface area contributed by atoms with E-state index in [4.69, 9.17) is 18.9 Å². The van der Waals surface area contributed by atoms with Crippen molar-refractivity contribution in [1.29, 1.82) is 0 Å². The molecular weight excluding hydrogens is 562 g/mol. The Bertz CT molecular complexity index is 1630. The van der Waals surface area contributed by atoms with Gasteiger partial charge in [-0.25, -0.2) is 4.79 Å². The summed E-state index contributed by atoms with van der Waals surface area (Å²) in [6.07, 6.45) is 0.848. The van der Waals surface area contributed by atoms with Crippen LogP contribution in [-0.2, 0) is 19.8 Å². The summed E-state index contributed by atoms with van der Waals surface area (Å²) in [7, 11) is 4.61. The Morgan fingerprint density at radius 2 is 1.48 bits per heavy atom. The largest absolute Gasteiger partial charge is 0.497 e. The number of hydrogen-bond donors (Lipinski definition) is 2. The third-order valence-electron chi connectivity index (χ3n) is 8.30. The molecule has 0 unspecified atom stereocenters. The van der Waals surface area contributed by atoms with Crippen LogP contribution < -0.4 is 26.0 Å². The molecule has 0 aliphatic carbocycles. The van der Waals surface area contributed by atoms with Crippen molar-refractivity contribution >= 4 is 5.97 Å². The molecule has 1 aliphatic rings. The number of aromatic nitrogens is 2. The lowest BCUT2D eigenvalue weighted by atomic mass is 9.76. The van der Waals surface area contributed by atoms with Gasteiger partial charge in [0.1, 0.15) is 17.7 Å². The molecule has 0 saturated carbocycles. The van der Waals surface area contributed by atoms with Crippen molar-refractivity contribution < 1.29 is 23.7 Å². The first-order valence-electron chi connectivity index (χ1n) is 14.4. The van der Waals surface area contributed by atoms with Gasteiger partial charge in [0.2, 0.25) is 0 Å². The highest BCUT2D eigenvalue weighted by Crippen LogP contribution is 2.40. The molecular formula is C34H37N3O7. The van der Waals surface area contributed by atoms with Crippen molar-refractivity contribution in [3.05, 3.63) is 128 Å². The minimum absolute atomic E-state index is 0.111. The molecule has 44 heavy (non-hydrogen) atoms. The Balaban J connectivity index is 1.58. The SMILES string of the molecule is COC(=O)C[C@H]1C[C@H](n2cc(C)c(=O)[nH]c2=O)O[C@@H]1CNC(c1ccccc1)(c1ccc(OC)cc1)c1ccc(OC)cc1. The lowest BCUT2D eigenvalue weighted by Crippen LogP contribution is -2.48. The van der Waals surface area contributed by atoms with Crippen LogP contribution in [0.15, 0.2) is 94.6 Å². The molecule has 1 fully saturated rings. The Morgan fingerprint density at radius 3 is 2.02 bits per heavy atom. The molecule has 3 aromatic carbocycles. The van der Waals surface area contributed by atoms with Crippen LogP contribution in [0.3, 0.4) is 0 Å². The normalized spacial score (nSPS) is 18.1. The molecule has 2 heterocycles. The smallest absolute Gasteiger partial charge is 0.330 e. The molecule has 2 N–H and O–H groups in total. The van der Waals surface area contributed by atoms with Gasteiger partial charge < -0.3 is 18.9 Å². The minimum Gasteiger partial charge on any atom is -0.497 e. The third kappa shape index (κ3) is 6.17. The van der Waals surface area contributed by atoms with Crippen molar-refractivity contribution in [2.45, 2.75) is 37.6 Å². The van der Waals surface area contributed by atoms with Crippen molar-refractivity contribution in [2.75, 3.05) is 27.9 Å². The van der Waals surface area contributed by atoms with Gasteiger partial charge >= 0.3 is 11.7 Å². The summed E-state index contributed by atoms with van der Waals surface area (Å²) in [5, 5.41) is 3.82. The number of H-pyrrole nitrogens is 1. The summed E-state index contributed by atoms with van der Waals surface area (Å²) < 4.78 is 23.8. The van der Waals surface area contributed by atoms with Crippen LogP contribution in [0.1, 0.15) is 41.3 Å². The molecule has 10 nitrogen and oxygen atoms in total. The van der Waals surface area contributed by atoms with Crippen molar-refractivity contribution in [3.8, 4) is 11.5 Å². The maximum absolute atomic E-state index is 12.7. The monoisotopic (exact) mass is 599 g/mol. The Morgan fingerprint density at radius 1 is 0.909 bits per heavy atom. The standard InChI is InChI=1S/C34H37N3O7/c1-22-21-37(33(40)36-32(22)39)30-18-23(19-31(38)43-4)29(44-30)20-35-34(24-8-6-5-7-9-24,25-10-14-27(41-2)15-11-25)26-12-16-28(42-3)17-13-26/h5-17,21,23,29-30,35H,18-20H2,1-4H3,(H,36,39,40)/t23-,29-,30-/m1/s1. The van der Waals surface area contributed by atoms with E-state index in [-0.39, 0.29) is 18.3 Å². The second-order valence-corrected chi connectivity index (χ2v) is 10.8. The minimum atomic E-state index is -0.845. The van der Waals surface area contributed by atoms with E-state index in [1.165, 1.54) is 17.9 Å². The van der Waals surface area contributed by atoms with Crippen LogP contribution in [-0.4, -0.2) is 49.5 Å². The predicted molar refractivity (Wildman–Crippen MR) is 165 cm³/mol. The third-order valence-corrected chi connectivity index (χ3v) is 8.30. The number of rotatable bonds is 11. The molecule has 0 bridgehead atoms. The fourth-order valence-electron chi connectivity index (χ4n) is 5.92. The van der Waals surface area contributed by atoms with E-state index < -0.39 is 29.1 Å². The molecule has 1 aliphatic heterocycles. The molecule has 5 rings (SSSR count). The van der Waals surface area contributed by atoms with Crippen LogP contribution in [0.2, 0.25) is 0 Å². The summed E-state index contributed by atoms with van der Waals surface area (Å²) in [4.78, 5) is 39.6. The highest BCUT2D eigenvalue weighted by atomic mass is 16.5. The van der Waals surface area contributed by atoms with E-state index in [0.717, 1.165) is 28.2 Å². The molecule has 0 radical (unpaired) electrons. The fourth-order valence-corrected chi connectivity index (χ4v) is 5.92. The van der Waals surface area contributed by atoms with E-state index in [1.54, 1.807) is 21.1 Å². The quantitative estimate of drug-likeness (QED) is 0.197. The van der Waals surface area contributed by atoms with Crippen molar-refractivity contribution in [3.63, 3.8) is 0 Å². The average molecular weight is 600 g/mol. The maximum atomic E-state index is 12.7. The molecule has 0 amide bonds. The Labute approximate surface area is 255 Å². The fraction of sp³-hybridized carbons (Fsp3) is 0.324. The number of hydrogen-bond acceptors (Lipinski definition) is 8. The molecule has 1 aromatic heterocycles. The van der Waals surface area contributed by atoms with Crippen molar-refractivity contribution in [1.82, 2.24) is 14.9 Å². The number of aromatic amines is 1. The highest BCUT2D eigenvalue weighted by molar-refractivity contribution is 5.69. The molecule has 230 valence electrons. The van der Waals surface area contributed by atoms with Crippen LogP contribution in [0.25, 0.3) is 0 Å². The topological polar surface area (TPSA) is 121 Å². The lowest BCUT2D eigenvalue weighted by Gasteiger charge is -2.38. The second kappa shape index (κ2) is 13.3. The van der Waals surface area contributed by atoms with E-state index in [1.807, 2.05) is 66.7 Å². The lowest BCUT2D eigenvalue weighted by molar-refractivity contribution is -0.142. The number of aryl methyl sites for hydroxylation is 1. The van der Waals surface area contributed by atoms with E-state index >= 15 is 0 Å².